The van der Waals surface area contributed by atoms with Crippen LogP contribution in [-0.4, -0.2) is 0 Å². The number of rotatable bonds is 8. The van der Waals surface area contributed by atoms with Crippen molar-refractivity contribution < 1.29 is 0 Å². The van der Waals surface area contributed by atoms with Crippen LogP contribution in [0.3, 0.4) is 0 Å². The van der Waals surface area contributed by atoms with Gasteiger partial charge in [0, 0.05) is 0 Å². The zero-order valence-electron chi connectivity index (χ0n) is 22.1. The Morgan fingerprint density at radius 3 is 0.769 bits per heavy atom. The van der Waals surface area contributed by atoms with Gasteiger partial charge in [-0.1, -0.05) is 146 Å². The van der Waals surface area contributed by atoms with Gasteiger partial charge < -0.3 is 0 Å². The van der Waals surface area contributed by atoms with Crippen molar-refractivity contribution in [2.45, 2.75) is 19.3 Å². The van der Waals surface area contributed by atoms with Crippen molar-refractivity contribution >= 4 is 0 Å². The molecule has 0 aliphatic heterocycles. The largest absolute Gasteiger partial charge is 0.0622 e. The van der Waals surface area contributed by atoms with E-state index in [-0.39, 0.29) is 0 Å². The van der Waals surface area contributed by atoms with E-state index < -0.39 is 0 Å². The lowest BCUT2D eigenvalue weighted by Crippen LogP contribution is -1.94. The van der Waals surface area contributed by atoms with E-state index in [9.17, 15) is 0 Å². The van der Waals surface area contributed by atoms with Gasteiger partial charge in [-0.15, -0.1) is 0 Å². The molecule has 0 aliphatic rings. The molecule has 0 N–H and O–H groups in total. The van der Waals surface area contributed by atoms with Gasteiger partial charge in [-0.05, 0) is 87.0 Å². The minimum absolute atomic E-state index is 1.04. The monoisotopic (exact) mass is 500 g/mol. The fourth-order valence-corrected chi connectivity index (χ4v) is 5.36. The summed E-state index contributed by atoms with van der Waals surface area (Å²) in [6, 6.07) is 57.0. The van der Waals surface area contributed by atoms with Gasteiger partial charge >= 0.3 is 0 Å². The second kappa shape index (κ2) is 11.8. The molecule has 39 heavy (non-hydrogen) atoms. The van der Waals surface area contributed by atoms with E-state index in [1.807, 2.05) is 0 Å². The Kier molecular flexibility index (Phi) is 7.45. The van der Waals surface area contributed by atoms with Crippen LogP contribution in [0.1, 0.15) is 17.5 Å². The highest BCUT2D eigenvalue weighted by atomic mass is 14.1. The Morgan fingerprint density at radius 1 is 0.256 bits per heavy atom. The van der Waals surface area contributed by atoms with E-state index in [1.165, 1.54) is 55.6 Å². The van der Waals surface area contributed by atoms with Crippen LogP contribution in [0.25, 0.3) is 44.5 Å². The molecule has 0 atom stereocenters. The summed E-state index contributed by atoms with van der Waals surface area (Å²) in [4.78, 5) is 0. The summed E-state index contributed by atoms with van der Waals surface area (Å²) >= 11 is 0. The maximum atomic E-state index is 2.37. The summed E-state index contributed by atoms with van der Waals surface area (Å²) in [5, 5.41) is 0. The SMILES string of the molecule is c1ccc(-c2cc(CCCc3cc(-c4ccccc4)cc(-c4ccccc4)c3)cc(-c3ccccc3)c2)cc1. The molecule has 188 valence electrons. The third-order valence-corrected chi connectivity index (χ3v) is 7.34. The molecule has 6 aromatic rings. The van der Waals surface area contributed by atoms with Crippen LogP contribution in [0.2, 0.25) is 0 Å². The molecule has 0 saturated carbocycles. The second-order valence-corrected chi connectivity index (χ2v) is 10.2. The molecule has 0 bridgehead atoms. The van der Waals surface area contributed by atoms with Gasteiger partial charge in [0.05, 0.1) is 0 Å². The number of hydrogen-bond donors (Lipinski definition) is 0. The van der Waals surface area contributed by atoms with Crippen LogP contribution in [0.15, 0.2) is 158 Å². The first-order chi connectivity index (χ1) is 19.3. The third kappa shape index (κ3) is 6.08. The summed E-state index contributed by atoms with van der Waals surface area (Å²) in [5.74, 6) is 0. The van der Waals surface area contributed by atoms with E-state index in [0.29, 0.717) is 0 Å². The van der Waals surface area contributed by atoms with Crippen molar-refractivity contribution in [3.63, 3.8) is 0 Å². The summed E-state index contributed by atoms with van der Waals surface area (Å²) in [6.07, 6.45) is 3.17. The normalized spacial score (nSPS) is 10.9. The van der Waals surface area contributed by atoms with Crippen LogP contribution in [0.4, 0.5) is 0 Å². The van der Waals surface area contributed by atoms with Gasteiger partial charge in [-0.2, -0.15) is 0 Å². The highest BCUT2D eigenvalue weighted by Crippen LogP contribution is 2.31. The fourth-order valence-electron chi connectivity index (χ4n) is 5.36. The lowest BCUT2D eigenvalue weighted by molar-refractivity contribution is 0.821. The molecule has 6 rings (SSSR count). The standard InChI is InChI=1S/C39H32/c1-5-16-32(17-6-1)36-24-30(25-37(28-36)33-18-7-2-8-19-33)14-13-15-31-26-38(34-20-9-3-10-21-34)29-39(27-31)35-22-11-4-12-23-35/h1-12,16-29H,13-15H2. The smallest absolute Gasteiger partial charge is 0.0175 e. The molecule has 0 nitrogen and oxygen atoms in total. The Morgan fingerprint density at radius 2 is 0.513 bits per heavy atom. The minimum Gasteiger partial charge on any atom is -0.0622 e. The van der Waals surface area contributed by atoms with E-state index in [4.69, 9.17) is 0 Å². The first-order valence-electron chi connectivity index (χ1n) is 13.8. The predicted molar refractivity (Wildman–Crippen MR) is 167 cm³/mol. The summed E-state index contributed by atoms with van der Waals surface area (Å²) in [6.45, 7) is 0. The zero-order valence-corrected chi connectivity index (χ0v) is 22.1. The van der Waals surface area contributed by atoms with Gasteiger partial charge in [0.2, 0.25) is 0 Å². The van der Waals surface area contributed by atoms with Crippen molar-refractivity contribution in [2.24, 2.45) is 0 Å². The van der Waals surface area contributed by atoms with Crippen LogP contribution in [0.5, 0.6) is 0 Å². The average Bonchev–Trinajstić information content (AvgIpc) is 3.02. The molecule has 0 heterocycles. The highest BCUT2D eigenvalue weighted by Gasteiger charge is 2.08. The first-order valence-corrected chi connectivity index (χ1v) is 13.8. The fraction of sp³-hybridized carbons (Fsp3) is 0.0769. The molecule has 0 unspecified atom stereocenters. The van der Waals surface area contributed by atoms with E-state index in [2.05, 4.69) is 158 Å². The Balaban J connectivity index is 1.29. The van der Waals surface area contributed by atoms with Gasteiger partial charge in [-0.3, -0.25) is 0 Å². The summed E-state index contributed by atoms with van der Waals surface area (Å²) < 4.78 is 0. The van der Waals surface area contributed by atoms with Gasteiger partial charge in [0.1, 0.15) is 0 Å². The van der Waals surface area contributed by atoms with Crippen molar-refractivity contribution in [3.8, 4) is 44.5 Å². The molecule has 0 saturated heterocycles. The summed E-state index contributed by atoms with van der Waals surface area (Å²) in [7, 11) is 0. The minimum atomic E-state index is 1.04. The molecule has 0 amide bonds. The maximum absolute atomic E-state index is 2.37. The number of aryl methyl sites for hydroxylation is 2. The Hall–Kier alpha value is -4.68. The molecule has 0 radical (unpaired) electrons. The van der Waals surface area contributed by atoms with Gasteiger partial charge in [0.15, 0.2) is 0 Å². The lowest BCUT2D eigenvalue weighted by atomic mass is 9.92. The Labute approximate surface area is 232 Å². The number of benzene rings is 6. The average molecular weight is 501 g/mol. The quantitative estimate of drug-likeness (QED) is 0.195. The predicted octanol–water partition coefficient (Wildman–Crippen LogP) is 10.5. The maximum Gasteiger partial charge on any atom is -0.0175 e. The highest BCUT2D eigenvalue weighted by molar-refractivity contribution is 5.75. The van der Waals surface area contributed by atoms with E-state index in [0.717, 1.165) is 19.3 Å². The van der Waals surface area contributed by atoms with Crippen LogP contribution < -0.4 is 0 Å². The van der Waals surface area contributed by atoms with Gasteiger partial charge in [-0.25, -0.2) is 0 Å². The molecule has 0 aliphatic carbocycles. The molecular formula is C39H32. The zero-order chi connectivity index (χ0) is 26.3. The van der Waals surface area contributed by atoms with Crippen LogP contribution in [0, 0.1) is 0 Å². The van der Waals surface area contributed by atoms with Crippen molar-refractivity contribution in [3.05, 3.63) is 169 Å². The molecule has 6 aromatic carbocycles. The van der Waals surface area contributed by atoms with E-state index >= 15 is 0 Å². The molecule has 0 fully saturated rings. The van der Waals surface area contributed by atoms with E-state index in [1.54, 1.807) is 0 Å². The topological polar surface area (TPSA) is 0 Å². The lowest BCUT2D eigenvalue weighted by Gasteiger charge is -2.13. The molecule has 0 heteroatoms. The first kappa shape index (κ1) is 24.6. The van der Waals surface area contributed by atoms with Crippen LogP contribution in [-0.2, 0) is 12.8 Å². The van der Waals surface area contributed by atoms with Crippen LogP contribution >= 0.6 is 0 Å². The van der Waals surface area contributed by atoms with Crippen molar-refractivity contribution in [2.75, 3.05) is 0 Å². The molecular weight excluding hydrogens is 468 g/mol. The second-order valence-electron chi connectivity index (χ2n) is 10.2. The van der Waals surface area contributed by atoms with Crippen molar-refractivity contribution in [1.29, 1.82) is 0 Å². The van der Waals surface area contributed by atoms with Crippen molar-refractivity contribution in [1.82, 2.24) is 0 Å². The summed E-state index contributed by atoms with van der Waals surface area (Å²) in [5.41, 5.74) is 13.0. The third-order valence-electron chi connectivity index (χ3n) is 7.34. The Bertz CT molecular complexity index is 1390. The molecule has 0 aromatic heterocycles. The number of hydrogen-bond acceptors (Lipinski definition) is 0. The molecule has 0 spiro atoms. The van der Waals surface area contributed by atoms with Gasteiger partial charge in [0.25, 0.3) is 0 Å².